The molecule has 142 valence electrons. The number of nitrogens with zero attached hydrogens (tertiary/aromatic N) is 1. The Morgan fingerprint density at radius 1 is 0.889 bits per heavy atom. The van der Waals surface area contributed by atoms with Crippen LogP contribution >= 0.6 is 12.4 Å². The Labute approximate surface area is 167 Å². The number of hydrogen-bond donors (Lipinski definition) is 2. The van der Waals surface area contributed by atoms with Crippen molar-refractivity contribution >= 4 is 12.4 Å². The predicted molar refractivity (Wildman–Crippen MR) is 115 cm³/mol. The van der Waals surface area contributed by atoms with E-state index >= 15 is 0 Å². The van der Waals surface area contributed by atoms with Gasteiger partial charge in [-0.2, -0.15) is 0 Å². The number of halogens is 1. The molecule has 1 heterocycles. The number of benzene rings is 2. The highest BCUT2D eigenvalue weighted by Gasteiger charge is 2.13. The first-order valence-corrected chi connectivity index (χ1v) is 9.29. The minimum absolute atomic E-state index is 0. The van der Waals surface area contributed by atoms with Crippen LogP contribution in [0.5, 0.6) is 0 Å². The molecule has 3 rings (SSSR count). The number of aliphatic hydroxyl groups excluding tert-OH is 1. The van der Waals surface area contributed by atoms with Gasteiger partial charge in [0.1, 0.15) is 0 Å². The first-order chi connectivity index (χ1) is 12.8. The number of rotatable bonds is 8. The smallest absolute Gasteiger partial charge is 0.0915 e. The van der Waals surface area contributed by atoms with Crippen molar-refractivity contribution in [3.8, 4) is 22.5 Å². The molecule has 1 aromatic heterocycles. The number of aliphatic hydroxyl groups is 1. The lowest BCUT2D eigenvalue weighted by atomic mass is 10.0. The zero-order chi connectivity index (χ0) is 18.2. The highest BCUT2D eigenvalue weighted by molar-refractivity contribution is 5.85. The number of aromatic nitrogens is 1. The summed E-state index contributed by atoms with van der Waals surface area (Å²) in [5, 5.41) is 14.0. The molecule has 0 spiro atoms. The minimum atomic E-state index is -0.556. The Kier molecular flexibility index (Phi) is 8.46. The van der Waals surface area contributed by atoms with E-state index in [0.717, 1.165) is 47.5 Å². The van der Waals surface area contributed by atoms with Crippen LogP contribution in [0.4, 0.5) is 0 Å². The molecule has 4 heteroatoms. The van der Waals surface area contributed by atoms with Gasteiger partial charge >= 0.3 is 0 Å². The van der Waals surface area contributed by atoms with E-state index in [4.69, 9.17) is 4.98 Å². The Bertz CT molecular complexity index is 751. The monoisotopic (exact) mass is 382 g/mol. The molecule has 0 amide bonds. The SMILES string of the molecule is CCCCNCC(O)c1cc(-c2ccccc2)nc(-c2ccccc2)c1.Cl. The van der Waals surface area contributed by atoms with Crippen molar-refractivity contribution in [2.24, 2.45) is 0 Å². The van der Waals surface area contributed by atoms with Gasteiger partial charge in [-0.1, -0.05) is 74.0 Å². The van der Waals surface area contributed by atoms with Gasteiger partial charge in [0.15, 0.2) is 0 Å². The molecule has 0 fully saturated rings. The summed E-state index contributed by atoms with van der Waals surface area (Å²) >= 11 is 0. The third-order valence-corrected chi connectivity index (χ3v) is 4.42. The van der Waals surface area contributed by atoms with Crippen LogP contribution < -0.4 is 5.32 Å². The Hall–Kier alpha value is -2.20. The number of nitrogens with one attached hydrogen (secondary N) is 1. The Morgan fingerprint density at radius 3 is 1.89 bits per heavy atom. The van der Waals surface area contributed by atoms with E-state index in [1.165, 1.54) is 0 Å². The second-order valence-electron chi connectivity index (χ2n) is 6.48. The van der Waals surface area contributed by atoms with Gasteiger partial charge in [-0.25, -0.2) is 4.98 Å². The molecule has 0 saturated carbocycles. The number of pyridine rings is 1. The molecule has 3 aromatic rings. The van der Waals surface area contributed by atoms with E-state index in [9.17, 15) is 5.11 Å². The van der Waals surface area contributed by atoms with E-state index < -0.39 is 6.10 Å². The molecule has 0 aliphatic heterocycles. The van der Waals surface area contributed by atoms with Gasteiger partial charge in [-0.05, 0) is 30.7 Å². The van der Waals surface area contributed by atoms with E-state index in [2.05, 4.69) is 12.2 Å². The molecule has 0 bridgehead atoms. The molecular weight excluding hydrogens is 356 g/mol. The summed E-state index contributed by atoms with van der Waals surface area (Å²) in [5.74, 6) is 0. The molecule has 0 radical (unpaired) electrons. The third-order valence-electron chi connectivity index (χ3n) is 4.42. The van der Waals surface area contributed by atoms with Crippen molar-refractivity contribution in [1.82, 2.24) is 10.3 Å². The summed E-state index contributed by atoms with van der Waals surface area (Å²) in [5.41, 5.74) is 4.76. The molecule has 1 atom stereocenters. The van der Waals surface area contributed by atoms with Crippen molar-refractivity contribution in [3.05, 3.63) is 78.4 Å². The van der Waals surface area contributed by atoms with Crippen LogP contribution in [-0.2, 0) is 0 Å². The highest BCUT2D eigenvalue weighted by atomic mass is 35.5. The molecule has 0 saturated heterocycles. The maximum absolute atomic E-state index is 10.7. The fourth-order valence-electron chi connectivity index (χ4n) is 2.92. The van der Waals surface area contributed by atoms with Crippen LogP contribution in [0.1, 0.15) is 31.4 Å². The van der Waals surface area contributed by atoms with Gasteiger partial charge < -0.3 is 10.4 Å². The summed E-state index contributed by atoms with van der Waals surface area (Å²) in [6.45, 7) is 3.64. The standard InChI is InChI=1S/C23H26N2O.ClH/c1-2-3-14-24-17-23(26)20-15-21(18-10-6-4-7-11-18)25-22(16-20)19-12-8-5-9-13-19;/h4-13,15-16,23-24,26H,2-3,14,17H2,1H3;1H. The van der Waals surface area contributed by atoms with Gasteiger partial charge in [0.2, 0.25) is 0 Å². The maximum atomic E-state index is 10.7. The maximum Gasteiger partial charge on any atom is 0.0915 e. The van der Waals surface area contributed by atoms with Gasteiger partial charge in [-0.3, -0.25) is 0 Å². The van der Waals surface area contributed by atoms with E-state index in [1.54, 1.807) is 0 Å². The quantitative estimate of drug-likeness (QED) is 0.522. The van der Waals surface area contributed by atoms with Crippen molar-refractivity contribution < 1.29 is 5.11 Å². The average Bonchev–Trinajstić information content (AvgIpc) is 2.72. The van der Waals surface area contributed by atoms with E-state index in [1.807, 2.05) is 72.8 Å². The first-order valence-electron chi connectivity index (χ1n) is 9.29. The third kappa shape index (κ3) is 5.90. The summed E-state index contributed by atoms with van der Waals surface area (Å²) in [6, 6.07) is 24.2. The lowest BCUT2D eigenvalue weighted by Gasteiger charge is -2.15. The molecule has 27 heavy (non-hydrogen) atoms. The molecule has 1 unspecified atom stereocenters. The van der Waals surface area contributed by atoms with Gasteiger partial charge in [0, 0.05) is 17.7 Å². The molecule has 0 aliphatic carbocycles. The summed E-state index contributed by atoms with van der Waals surface area (Å²) in [4.78, 5) is 4.83. The van der Waals surface area contributed by atoms with Crippen molar-refractivity contribution in [2.75, 3.05) is 13.1 Å². The molecule has 3 nitrogen and oxygen atoms in total. The Morgan fingerprint density at radius 2 is 1.41 bits per heavy atom. The molecule has 0 aliphatic rings. The Balaban J connectivity index is 0.00000261. The van der Waals surface area contributed by atoms with Crippen molar-refractivity contribution in [2.45, 2.75) is 25.9 Å². The van der Waals surface area contributed by atoms with Crippen LogP contribution in [0, 0.1) is 0 Å². The summed E-state index contributed by atoms with van der Waals surface area (Å²) in [7, 11) is 0. The topological polar surface area (TPSA) is 45.1 Å². The second kappa shape index (κ2) is 10.8. The average molecular weight is 383 g/mol. The fourth-order valence-corrected chi connectivity index (χ4v) is 2.92. The molecule has 2 aromatic carbocycles. The lowest BCUT2D eigenvalue weighted by molar-refractivity contribution is 0.175. The lowest BCUT2D eigenvalue weighted by Crippen LogP contribution is -2.22. The summed E-state index contributed by atoms with van der Waals surface area (Å²) in [6.07, 6.45) is 1.71. The number of hydrogen-bond acceptors (Lipinski definition) is 3. The molecule has 2 N–H and O–H groups in total. The van der Waals surface area contributed by atoms with Crippen LogP contribution in [-0.4, -0.2) is 23.2 Å². The normalized spacial score (nSPS) is 11.6. The zero-order valence-corrected chi connectivity index (χ0v) is 16.5. The second-order valence-corrected chi connectivity index (χ2v) is 6.48. The van der Waals surface area contributed by atoms with Crippen molar-refractivity contribution in [3.63, 3.8) is 0 Å². The zero-order valence-electron chi connectivity index (χ0n) is 15.6. The highest BCUT2D eigenvalue weighted by Crippen LogP contribution is 2.27. The van der Waals surface area contributed by atoms with Gasteiger partial charge in [0.05, 0.1) is 17.5 Å². The summed E-state index contributed by atoms with van der Waals surface area (Å²) < 4.78 is 0. The van der Waals surface area contributed by atoms with E-state index in [-0.39, 0.29) is 12.4 Å². The fraction of sp³-hybridized carbons (Fsp3) is 0.261. The predicted octanol–water partition coefficient (Wildman–Crippen LogP) is 5.26. The number of unbranched alkanes of at least 4 members (excludes halogenated alkanes) is 1. The van der Waals surface area contributed by atoms with E-state index in [0.29, 0.717) is 6.54 Å². The molecular formula is C23H27ClN2O. The van der Waals surface area contributed by atoms with Gasteiger partial charge in [-0.15, -0.1) is 12.4 Å². The van der Waals surface area contributed by atoms with Crippen LogP contribution in [0.15, 0.2) is 72.8 Å². The first kappa shape index (κ1) is 21.1. The van der Waals surface area contributed by atoms with Gasteiger partial charge in [0.25, 0.3) is 0 Å². The van der Waals surface area contributed by atoms with Crippen LogP contribution in [0.3, 0.4) is 0 Å². The minimum Gasteiger partial charge on any atom is -0.387 e. The largest absolute Gasteiger partial charge is 0.387 e. The van der Waals surface area contributed by atoms with Crippen LogP contribution in [0.25, 0.3) is 22.5 Å². The van der Waals surface area contributed by atoms with Crippen molar-refractivity contribution in [1.29, 1.82) is 0 Å². The van der Waals surface area contributed by atoms with Crippen LogP contribution in [0.2, 0.25) is 0 Å².